The summed E-state index contributed by atoms with van der Waals surface area (Å²) in [6.07, 6.45) is 6.02. The minimum atomic E-state index is -3.25. The summed E-state index contributed by atoms with van der Waals surface area (Å²) in [5.74, 6) is 1.57. The highest BCUT2D eigenvalue weighted by molar-refractivity contribution is 8.00. The molecule has 2 aliphatic rings. The van der Waals surface area contributed by atoms with Gasteiger partial charge in [-0.15, -0.1) is 10.2 Å². The van der Waals surface area contributed by atoms with Crippen LogP contribution >= 0.6 is 11.8 Å². The van der Waals surface area contributed by atoms with E-state index in [0.717, 1.165) is 37.0 Å². The number of piperidine rings is 1. The number of hydrogen-bond acceptors (Lipinski definition) is 6. The van der Waals surface area contributed by atoms with Crippen molar-refractivity contribution in [1.29, 1.82) is 0 Å². The summed E-state index contributed by atoms with van der Waals surface area (Å²) in [6, 6.07) is 9.13. The molecular weight excluding hydrogens is 368 g/mol. The van der Waals surface area contributed by atoms with E-state index in [4.69, 9.17) is 0 Å². The van der Waals surface area contributed by atoms with Crippen LogP contribution in [0.25, 0.3) is 0 Å². The van der Waals surface area contributed by atoms with Crippen molar-refractivity contribution in [2.75, 3.05) is 29.5 Å². The predicted molar refractivity (Wildman–Crippen MR) is 104 cm³/mol. The van der Waals surface area contributed by atoms with Crippen LogP contribution in [-0.4, -0.2) is 47.8 Å². The highest BCUT2D eigenvalue weighted by Crippen LogP contribution is 2.41. The first-order valence-corrected chi connectivity index (χ1v) is 11.9. The maximum atomic E-state index is 12.4. The summed E-state index contributed by atoms with van der Waals surface area (Å²) in [5.41, 5.74) is 0. The van der Waals surface area contributed by atoms with E-state index in [9.17, 15) is 8.42 Å². The van der Waals surface area contributed by atoms with Crippen LogP contribution < -0.4 is 4.90 Å². The van der Waals surface area contributed by atoms with Gasteiger partial charge in [-0.3, -0.25) is 4.57 Å². The molecule has 0 radical (unpaired) electrons. The van der Waals surface area contributed by atoms with Crippen molar-refractivity contribution >= 4 is 27.5 Å². The topological polar surface area (TPSA) is 68.1 Å². The third-order valence-electron chi connectivity index (χ3n) is 4.88. The van der Waals surface area contributed by atoms with E-state index in [1.165, 1.54) is 31.0 Å². The van der Waals surface area contributed by atoms with Crippen molar-refractivity contribution in [1.82, 2.24) is 14.8 Å². The zero-order valence-corrected chi connectivity index (χ0v) is 16.4. The molecule has 2 aromatic rings. The molecule has 8 heteroatoms. The minimum Gasteiger partial charge on any atom is -0.341 e. The summed E-state index contributed by atoms with van der Waals surface area (Å²) in [7, 11) is -3.25. The van der Waals surface area contributed by atoms with E-state index in [1.807, 2.05) is 6.07 Å². The van der Waals surface area contributed by atoms with Gasteiger partial charge in [0.05, 0.1) is 10.6 Å². The number of benzene rings is 1. The van der Waals surface area contributed by atoms with Gasteiger partial charge < -0.3 is 4.90 Å². The van der Waals surface area contributed by atoms with Crippen molar-refractivity contribution in [2.45, 2.75) is 48.2 Å². The average molecular weight is 393 g/mol. The standard InChI is InChI=1S/C18H24N4O2S2/c23-26(24,16-7-3-1-4-8-16)14-13-25-18-20-19-17(22(18)15-9-10-15)21-11-5-2-6-12-21/h1,3-4,7-8,15H,2,5-6,9-14H2. The molecule has 1 aliphatic carbocycles. The second-order valence-corrected chi connectivity index (χ2v) is 10.1. The maximum absolute atomic E-state index is 12.4. The van der Waals surface area contributed by atoms with Gasteiger partial charge in [-0.25, -0.2) is 8.42 Å². The SMILES string of the molecule is O=S(=O)(CCSc1nnc(N2CCCCC2)n1C1CC1)c1ccccc1. The first-order valence-electron chi connectivity index (χ1n) is 9.25. The first kappa shape index (κ1) is 17.9. The van der Waals surface area contributed by atoms with Gasteiger partial charge in [-0.1, -0.05) is 30.0 Å². The number of hydrogen-bond donors (Lipinski definition) is 0. The van der Waals surface area contributed by atoms with Gasteiger partial charge in [0.15, 0.2) is 15.0 Å². The van der Waals surface area contributed by atoms with Gasteiger partial charge in [-0.2, -0.15) is 0 Å². The molecule has 0 unspecified atom stereocenters. The van der Waals surface area contributed by atoms with Gasteiger partial charge >= 0.3 is 0 Å². The number of thioether (sulfide) groups is 1. The minimum absolute atomic E-state index is 0.109. The molecule has 1 aromatic carbocycles. The summed E-state index contributed by atoms with van der Waals surface area (Å²) in [6.45, 7) is 2.08. The summed E-state index contributed by atoms with van der Waals surface area (Å²) in [4.78, 5) is 2.72. The lowest BCUT2D eigenvalue weighted by molar-refractivity contribution is 0.548. The Hall–Kier alpha value is -1.54. The molecule has 1 saturated heterocycles. The largest absolute Gasteiger partial charge is 0.341 e. The van der Waals surface area contributed by atoms with Gasteiger partial charge in [0.2, 0.25) is 5.95 Å². The third-order valence-corrected chi connectivity index (χ3v) is 7.82. The van der Waals surface area contributed by atoms with E-state index in [2.05, 4.69) is 19.7 Å². The number of sulfone groups is 1. The van der Waals surface area contributed by atoms with E-state index < -0.39 is 9.84 Å². The summed E-state index contributed by atoms with van der Waals surface area (Å²) >= 11 is 1.51. The quantitative estimate of drug-likeness (QED) is 0.674. The fourth-order valence-electron chi connectivity index (χ4n) is 3.32. The Kier molecular flexibility index (Phi) is 5.22. The Morgan fingerprint density at radius 2 is 1.77 bits per heavy atom. The second-order valence-electron chi connectivity index (χ2n) is 6.91. The molecule has 0 bridgehead atoms. The molecule has 0 atom stereocenters. The van der Waals surface area contributed by atoms with Gasteiger partial charge in [0, 0.05) is 24.9 Å². The molecule has 2 fully saturated rings. The van der Waals surface area contributed by atoms with E-state index in [0.29, 0.717) is 16.7 Å². The van der Waals surface area contributed by atoms with Crippen LogP contribution in [0.5, 0.6) is 0 Å². The first-order chi connectivity index (χ1) is 12.6. The van der Waals surface area contributed by atoms with E-state index in [-0.39, 0.29) is 5.75 Å². The fraction of sp³-hybridized carbons (Fsp3) is 0.556. The van der Waals surface area contributed by atoms with Gasteiger partial charge in [0.1, 0.15) is 0 Å². The highest BCUT2D eigenvalue weighted by atomic mass is 32.2. The lowest BCUT2D eigenvalue weighted by atomic mass is 10.1. The van der Waals surface area contributed by atoms with Crippen molar-refractivity contribution in [3.8, 4) is 0 Å². The Morgan fingerprint density at radius 3 is 2.46 bits per heavy atom. The zero-order chi connectivity index (χ0) is 18.0. The molecule has 1 aliphatic heterocycles. The van der Waals surface area contributed by atoms with Crippen LogP contribution in [0.15, 0.2) is 40.4 Å². The Morgan fingerprint density at radius 1 is 1.04 bits per heavy atom. The van der Waals surface area contributed by atoms with Crippen LogP contribution in [0.2, 0.25) is 0 Å². The smallest absolute Gasteiger partial charge is 0.228 e. The predicted octanol–water partition coefficient (Wildman–Crippen LogP) is 3.17. The molecule has 0 amide bonds. The molecule has 4 rings (SSSR count). The maximum Gasteiger partial charge on any atom is 0.228 e. The van der Waals surface area contributed by atoms with Crippen LogP contribution in [-0.2, 0) is 9.84 Å². The molecule has 0 spiro atoms. The fourth-order valence-corrected chi connectivity index (χ4v) is 5.99. The molecule has 0 N–H and O–H groups in total. The highest BCUT2D eigenvalue weighted by Gasteiger charge is 2.32. The lowest BCUT2D eigenvalue weighted by Crippen LogP contribution is -2.31. The van der Waals surface area contributed by atoms with Crippen LogP contribution in [0, 0.1) is 0 Å². The molecule has 140 valence electrons. The monoisotopic (exact) mass is 392 g/mol. The second kappa shape index (κ2) is 7.60. The summed E-state index contributed by atoms with van der Waals surface area (Å²) < 4.78 is 27.1. The Labute approximate surface area is 158 Å². The third kappa shape index (κ3) is 3.91. The number of nitrogens with zero attached hydrogens (tertiary/aromatic N) is 4. The number of rotatable bonds is 7. The van der Waals surface area contributed by atoms with Crippen molar-refractivity contribution in [3.63, 3.8) is 0 Å². The van der Waals surface area contributed by atoms with Crippen molar-refractivity contribution in [3.05, 3.63) is 30.3 Å². The Balaban J connectivity index is 1.44. The lowest BCUT2D eigenvalue weighted by Gasteiger charge is -2.27. The van der Waals surface area contributed by atoms with Crippen molar-refractivity contribution in [2.24, 2.45) is 0 Å². The van der Waals surface area contributed by atoms with Crippen LogP contribution in [0.1, 0.15) is 38.1 Å². The van der Waals surface area contributed by atoms with Gasteiger partial charge in [0.25, 0.3) is 0 Å². The number of aromatic nitrogens is 3. The molecule has 6 nitrogen and oxygen atoms in total. The normalized spacial score (nSPS) is 18.2. The molecule has 26 heavy (non-hydrogen) atoms. The molecule has 1 aromatic heterocycles. The zero-order valence-electron chi connectivity index (χ0n) is 14.7. The Bertz CT molecular complexity index is 841. The van der Waals surface area contributed by atoms with E-state index >= 15 is 0 Å². The summed E-state index contributed by atoms with van der Waals surface area (Å²) in [5, 5.41) is 9.68. The van der Waals surface area contributed by atoms with E-state index in [1.54, 1.807) is 24.3 Å². The molecular formula is C18H24N4O2S2. The molecule has 2 heterocycles. The van der Waals surface area contributed by atoms with Crippen LogP contribution in [0.4, 0.5) is 5.95 Å². The number of anilines is 1. The molecule has 1 saturated carbocycles. The van der Waals surface area contributed by atoms with Crippen LogP contribution in [0.3, 0.4) is 0 Å². The van der Waals surface area contributed by atoms with Gasteiger partial charge in [-0.05, 0) is 44.2 Å². The van der Waals surface area contributed by atoms with Crippen molar-refractivity contribution < 1.29 is 8.42 Å². The average Bonchev–Trinajstić information content (AvgIpc) is 3.43.